The van der Waals surface area contributed by atoms with Gasteiger partial charge in [0.1, 0.15) is 28.8 Å². The Balaban J connectivity index is 1.64. The maximum Gasteiger partial charge on any atom is 0.405 e. The van der Waals surface area contributed by atoms with Gasteiger partial charge in [-0.05, 0) is 37.1 Å². The summed E-state index contributed by atoms with van der Waals surface area (Å²) in [5.41, 5.74) is -0.0375. The first-order valence-corrected chi connectivity index (χ1v) is 14.3. The van der Waals surface area contributed by atoms with Gasteiger partial charge in [-0.1, -0.05) is 33.8 Å². The first-order chi connectivity index (χ1) is 20.7. The summed E-state index contributed by atoms with van der Waals surface area (Å²) in [5.74, 6) is -4.29. The fourth-order valence-electron chi connectivity index (χ4n) is 5.97. The van der Waals surface area contributed by atoms with Crippen LogP contribution in [-0.4, -0.2) is 62.5 Å². The molecule has 1 unspecified atom stereocenters. The number of halogens is 3. The van der Waals surface area contributed by atoms with Gasteiger partial charge in [0.2, 0.25) is 0 Å². The molecule has 0 spiro atoms. The number of carbonyl (C=O) groups is 2. The first kappa shape index (κ1) is 31.2. The van der Waals surface area contributed by atoms with Crippen molar-refractivity contribution in [2.75, 3.05) is 23.3 Å². The molecule has 0 bridgehead atoms. The summed E-state index contributed by atoms with van der Waals surface area (Å²) in [4.78, 5) is 35.9. The maximum atomic E-state index is 14.8. The number of pyridine rings is 2. The topological polar surface area (TPSA) is 148 Å². The molecule has 234 valence electrons. The van der Waals surface area contributed by atoms with Crippen LogP contribution in [0.25, 0.3) is 11.3 Å². The molecule has 13 heteroatoms. The average Bonchev–Trinajstić information content (AvgIpc) is 3.30. The number of nitrogens with zero attached hydrogens (tertiary/aromatic N) is 3. The second-order valence-corrected chi connectivity index (χ2v) is 12.4. The lowest BCUT2D eigenvalue weighted by Crippen LogP contribution is -2.58. The quantitative estimate of drug-likeness (QED) is 0.282. The fourth-order valence-corrected chi connectivity index (χ4v) is 5.97. The summed E-state index contributed by atoms with van der Waals surface area (Å²) >= 11 is 0. The van der Waals surface area contributed by atoms with Gasteiger partial charge in [-0.3, -0.25) is 9.78 Å². The monoisotopic (exact) mass is 613 g/mol. The number of hydrogen-bond acceptors (Lipinski definition) is 7. The Hall–Kier alpha value is -4.23. The third kappa shape index (κ3) is 5.81. The zero-order valence-electron chi connectivity index (χ0n) is 24.7. The number of carboxylic acid groups (broad SMARTS) is 1. The third-order valence-electron chi connectivity index (χ3n) is 8.06. The van der Waals surface area contributed by atoms with Crippen LogP contribution in [0.15, 0.2) is 30.3 Å². The number of carbonyl (C=O) groups excluding carboxylic acids is 1. The van der Waals surface area contributed by atoms with Crippen molar-refractivity contribution in [3.8, 4) is 11.3 Å². The van der Waals surface area contributed by atoms with Crippen LogP contribution in [0.2, 0.25) is 0 Å². The number of hydrogen-bond donors (Lipinski definition) is 5. The van der Waals surface area contributed by atoms with Gasteiger partial charge < -0.3 is 30.9 Å². The van der Waals surface area contributed by atoms with Gasteiger partial charge in [0.05, 0.1) is 46.6 Å². The van der Waals surface area contributed by atoms with Crippen LogP contribution in [0.4, 0.5) is 29.3 Å². The lowest BCUT2D eigenvalue weighted by Gasteiger charge is -2.43. The highest BCUT2D eigenvalue weighted by molar-refractivity contribution is 6.06. The predicted molar refractivity (Wildman–Crippen MR) is 156 cm³/mol. The highest BCUT2D eigenvalue weighted by Crippen LogP contribution is 2.46. The van der Waals surface area contributed by atoms with Crippen molar-refractivity contribution >= 4 is 23.4 Å². The molecule has 2 amide bonds. The molecule has 1 aromatic carbocycles. The minimum Gasteiger partial charge on any atom is -0.465 e. The molecule has 4 atom stereocenters. The van der Waals surface area contributed by atoms with Gasteiger partial charge in [0.15, 0.2) is 0 Å². The number of aromatic nitrogens is 2. The summed E-state index contributed by atoms with van der Waals surface area (Å²) in [6.45, 7) is 7.74. The molecule has 2 aliphatic rings. The van der Waals surface area contributed by atoms with Gasteiger partial charge in [-0.15, -0.1) is 0 Å². The van der Waals surface area contributed by atoms with Crippen LogP contribution in [0.5, 0.6) is 0 Å². The van der Waals surface area contributed by atoms with Crippen molar-refractivity contribution in [1.29, 1.82) is 0 Å². The molecular weight excluding hydrogens is 579 g/mol. The van der Waals surface area contributed by atoms with Crippen molar-refractivity contribution in [2.45, 2.75) is 64.2 Å². The van der Waals surface area contributed by atoms with Crippen LogP contribution in [0.3, 0.4) is 0 Å². The lowest BCUT2D eigenvalue weighted by molar-refractivity contribution is 0.0633. The van der Waals surface area contributed by atoms with Crippen molar-refractivity contribution in [1.82, 2.24) is 15.3 Å². The highest BCUT2D eigenvalue weighted by atomic mass is 19.1. The number of piperidine rings is 1. The number of anilines is 2. The summed E-state index contributed by atoms with van der Waals surface area (Å²) in [5, 5.41) is 36.2. The molecule has 10 nitrogen and oxygen atoms in total. The van der Waals surface area contributed by atoms with Crippen molar-refractivity contribution in [3.05, 3.63) is 70.4 Å². The van der Waals surface area contributed by atoms with E-state index in [0.717, 1.165) is 30.3 Å². The number of rotatable bonds is 5. The molecule has 2 aromatic heterocycles. The SMILES string of the molecule is C[C@H]1CN(c2c3c(nc(C(C)(C)C)c2NC(=O)c2ccc(F)c(-c4c(F)cccc4F)n2)C(O)CC3)C[C@@H](NC(=O)O)[C@@H]1O. The van der Waals surface area contributed by atoms with Crippen LogP contribution >= 0.6 is 0 Å². The average molecular weight is 614 g/mol. The summed E-state index contributed by atoms with van der Waals surface area (Å²) in [7, 11) is 0. The zero-order chi connectivity index (χ0) is 32.1. The summed E-state index contributed by atoms with van der Waals surface area (Å²) in [6, 6.07) is 4.20. The van der Waals surface area contributed by atoms with Gasteiger partial charge in [0, 0.05) is 30.0 Å². The fraction of sp³-hybridized carbons (Fsp3) is 0.419. The molecule has 3 heterocycles. The van der Waals surface area contributed by atoms with E-state index in [0.29, 0.717) is 42.0 Å². The van der Waals surface area contributed by atoms with E-state index in [2.05, 4.69) is 15.6 Å². The molecule has 5 rings (SSSR count). The second kappa shape index (κ2) is 11.7. The minimum absolute atomic E-state index is 0.0579. The molecule has 1 aliphatic carbocycles. The Morgan fingerprint density at radius 2 is 1.68 bits per heavy atom. The maximum absolute atomic E-state index is 14.8. The molecule has 0 radical (unpaired) electrons. The number of aliphatic hydroxyl groups is 2. The van der Waals surface area contributed by atoms with E-state index < -0.39 is 64.4 Å². The summed E-state index contributed by atoms with van der Waals surface area (Å²) in [6.07, 6.45) is -2.32. The second-order valence-electron chi connectivity index (χ2n) is 12.4. The van der Waals surface area contributed by atoms with E-state index >= 15 is 0 Å². The largest absolute Gasteiger partial charge is 0.465 e. The Morgan fingerprint density at radius 1 is 1.00 bits per heavy atom. The van der Waals surface area contributed by atoms with Crippen LogP contribution in [0, 0.1) is 23.4 Å². The summed E-state index contributed by atoms with van der Waals surface area (Å²) < 4.78 is 43.8. The van der Waals surface area contributed by atoms with E-state index in [1.54, 1.807) is 6.92 Å². The number of amides is 2. The van der Waals surface area contributed by atoms with E-state index in [4.69, 9.17) is 4.98 Å². The number of fused-ring (bicyclic) bond motifs is 1. The number of nitrogens with one attached hydrogen (secondary N) is 2. The van der Waals surface area contributed by atoms with Crippen LogP contribution in [-0.2, 0) is 11.8 Å². The molecular formula is C31H34F3N5O5. The Bertz CT molecular complexity index is 1610. The standard InChI is InChI=1S/C31H34F3N5O5/c1-14-12-39(13-20(27(14)41)36-30(43)44)26-15-8-11-21(40)23(15)37-28(31(2,3)4)25(26)38-29(42)19-10-9-18(34)24(35-19)22-16(32)6-5-7-17(22)33/h5-7,9-10,14,20-21,27,36,40-41H,8,11-13H2,1-4H3,(H,38,42)(H,43,44)/t14-,20+,21?,27+/m0/s1. The smallest absolute Gasteiger partial charge is 0.405 e. The third-order valence-corrected chi connectivity index (χ3v) is 8.06. The van der Waals surface area contributed by atoms with E-state index in [9.17, 15) is 38.1 Å². The molecule has 44 heavy (non-hydrogen) atoms. The predicted octanol–water partition coefficient (Wildman–Crippen LogP) is 4.54. The number of benzene rings is 1. The molecule has 1 fully saturated rings. The van der Waals surface area contributed by atoms with Crippen LogP contribution in [0.1, 0.15) is 67.7 Å². The minimum atomic E-state index is -1.30. The zero-order valence-corrected chi connectivity index (χ0v) is 24.7. The van der Waals surface area contributed by atoms with Gasteiger partial charge in [-0.2, -0.15) is 0 Å². The normalized spacial score (nSPS) is 21.6. The Morgan fingerprint density at radius 3 is 2.32 bits per heavy atom. The molecule has 0 saturated carbocycles. The van der Waals surface area contributed by atoms with E-state index in [1.165, 1.54) is 0 Å². The molecule has 5 N–H and O–H groups in total. The Kier molecular flexibility index (Phi) is 8.29. The molecule has 1 aliphatic heterocycles. The van der Waals surface area contributed by atoms with Crippen molar-refractivity contribution < 1.29 is 38.1 Å². The van der Waals surface area contributed by atoms with Gasteiger partial charge in [0.25, 0.3) is 5.91 Å². The Labute approximate surface area is 252 Å². The molecule has 3 aromatic rings. The molecule has 1 saturated heterocycles. The first-order valence-electron chi connectivity index (χ1n) is 14.3. The van der Waals surface area contributed by atoms with Crippen molar-refractivity contribution in [2.24, 2.45) is 5.92 Å². The van der Waals surface area contributed by atoms with E-state index in [1.807, 2.05) is 25.7 Å². The van der Waals surface area contributed by atoms with Crippen LogP contribution < -0.4 is 15.5 Å². The van der Waals surface area contributed by atoms with E-state index in [-0.39, 0.29) is 23.8 Å². The van der Waals surface area contributed by atoms with Gasteiger partial charge >= 0.3 is 6.09 Å². The number of aliphatic hydroxyl groups excluding tert-OH is 2. The van der Waals surface area contributed by atoms with Gasteiger partial charge in [-0.25, -0.2) is 22.9 Å². The highest BCUT2D eigenvalue weighted by Gasteiger charge is 2.40. The van der Waals surface area contributed by atoms with Crippen molar-refractivity contribution in [3.63, 3.8) is 0 Å². The lowest BCUT2D eigenvalue weighted by atomic mass is 9.87.